The smallest absolute Gasteiger partial charge is 0.356 e. The summed E-state index contributed by atoms with van der Waals surface area (Å²) in [6, 6.07) is 4.82. The first-order valence-electron chi connectivity index (χ1n) is 16.2. The molecule has 0 radical (unpaired) electrons. The Labute approximate surface area is 281 Å². The molecule has 3 aromatic rings. The number of alkyl halides is 3. The lowest BCUT2D eigenvalue weighted by Gasteiger charge is -2.24. The molecule has 0 unspecified atom stereocenters. The second-order valence-corrected chi connectivity index (χ2v) is 12.5. The molecule has 0 bridgehead atoms. The van der Waals surface area contributed by atoms with Gasteiger partial charge in [-0.05, 0) is 62.8 Å². The Bertz CT molecular complexity index is 1680. The van der Waals surface area contributed by atoms with Crippen molar-refractivity contribution >= 4 is 46.4 Å². The van der Waals surface area contributed by atoms with E-state index in [4.69, 9.17) is 0 Å². The molecular weight excluding hydrogens is 645 g/mol. The molecule has 0 fully saturated rings. The summed E-state index contributed by atoms with van der Waals surface area (Å²) in [7, 11) is 0. The third-order valence-corrected chi connectivity index (χ3v) is 7.43. The van der Waals surface area contributed by atoms with E-state index in [1.165, 1.54) is 24.3 Å². The zero-order chi connectivity index (χ0) is 36.3. The first-order chi connectivity index (χ1) is 23.0. The minimum Gasteiger partial charge on any atom is -0.356 e. The zero-order valence-corrected chi connectivity index (χ0v) is 28.2. The maximum Gasteiger partial charge on any atom is 0.471 e. The van der Waals surface area contributed by atoms with Crippen molar-refractivity contribution in [3.05, 3.63) is 52.1 Å². The van der Waals surface area contributed by atoms with Crippen LogP contribution in [0.5, 0.6) is 0 Å². The first-order valence-corrected chi connectivity index (χ1v) is 16.2. The van der Waals surface area contributed by atoms with Gasteiger partial charge in [0.2, 0.25) is 17.8 Å². The van der Waals surface area contributed by atoms with Gasteiger partial charge in [0.25, 0.3) is 11.5 Å². The first kappa shape index (κ1) is 38.6. The molecule has 1 atom stereocenters. The van der Waals surface area contributed by atoms with Gasteiger partial charge >= 0.3 is 12.1 Å². The van der Waals surface area contributed by atoms with Gasteiger partial charge in [-0.3, -0.25) is 39.2 Å². The van der Waals surface area contributed by atoms with Gasteiger partial charge in [-0.1, -0.05) is 34.1 Å². The van der Waals surface area contributed by atoms with Gasteiger partial charge in [-0.2, -0.15) is 18.2 Å². The molecule has 16 heteroatoms. The summed E-state index contributed by atoms with van der Waals surface area (Å²) in [4.78, 5) is 76.6. The van der Waals surface area contributed by atoms with E-state index >= 15 is 0 Å². The van der Waals surface area contributed by atoms with Crippen molar-refractivity contribution in [2.75, 3.05) is 16.8 Å². The molecule has 0 aliphatic heterocycles. The molecule has 49 heavy (non-hydrogen) atoms. The number of H-pyrrole nitrogens is 1. The Kier molecular flexibility index (Phi) is 13.8. The van der Waals surface area contributed by atoms with Gasteiger partial charge in [0.1, 0.15) is 0 Å². The minimum atomic E-state index is -5.24. The molecule has 4 amide bonds. The number of unbranched alkanes of at least 4 members (excludes halogenated alkanes) is 1. The van der Waals surface area contributed by atoms with Crippen LogP contribution in [-0.4, -0.2) is 62.3 Å². The number of nitrogens with one attached hydrogen (secondary N) is 4. The van der Waals surface area contributed by atoms with E-state index < -0.39 is 41.9 Å². The van der Waals surface area contributed by atoms with Crippen LogP contribution in [0.4, 0.5) is 24.8 Å². The van der Waals surface area contributed by atoms with Crippen molar-refractivity contribution in [3.63, 3.8) is 0 Å². The quantitative estimate of drug-likeness (QED) is 0.157. The van der Waals surface area contributed by atoms with E-state index in [0.29, 0.717) is 30.2 Å². The molecule has 0 spiro atoms. The van der Waals surface area contributed by atoms with E-state index in [0.717, 1.165) is 31.9 Å². The van der Waals surface area contributed by atoms with E-state index in [2.05, 4.69) is 49.7 Å². The molecule has 2 aromatic heterocycles. The molecule has 2 heterocycles. The summed E-state index contributed by atoms with van der Waals surface area (Å²) in [5.74, 6) is -3.02. The van der Waals surface area contributed by atoms with Crippen molar-refractivity contribution in [3.8, 4) is 0 Å². The van der Waals surface area contributed by atoms with Gasteiger partial charge in [-0.15, -0.1) is 0 Å². The standard InChI is InChI=1S/C33H43F3N8O5/c1-19(2)9-8-11-25(45)37-16-7-6-10-21(5)39-29(47)22-12-14-24(15-13-22)44(31(49)33(34,35)36)18-23-17-38-27-26(40-23)30(48)43-32(41-27)42-28(46)20(3)4/h12-15,17,19-21H,6-11,16,18H2,1-5H3,(H,37,45)(H,39,47)(H2,38,41,42,43,46,48)/t21-/m1/s1. The Hall–Kier alpha value is -4.89. The average Bonchev–Trinajstić information content (AvgIpc) is 3.02. The van der Waals surface area contributed by atoms with Crippen LogP contribution in [0.1, 0.15) is 89.2 Å². The maximum absolute atomic E-state index is 13.6. The van der Waals surface area contributed by atoms with Crippen LogP contribution in [-0.2, 0) is 20.9 Å². The van der Waals surface area contributed by atoms with Crippen molar-refractivity contribution in [1.29, 1.82) is 0 Å². The van der Waals surface area contributed by atoms with Crippen LogP contribution in [0.15, 0.2) is 35.3 Å². The highest BCUT2D eigenvalue weighted by atomic mass is 19.4. The van der Waals surface area contributed by atoms with Gasteiger partial charge in [0.15, 0.2) is 11.2 Å². The number of benzene rings is 1. The fourth-order valence-electron chi connectivity index (χ4n) is 4.68. The highest BCUT2D eigenvalue weighted by molar-refractivity contribution is 5.99. The Balaban J connectivity index is 1.63. The number of halogens is 3. The molecule has 0 saturated heterocycles. The van der Waals surface area contributed by atoms with Gasteiger partial charge in [0, 0.05) is 36.2 Å². The Morgan fingerprint density at radius 2 is 1.63 bits per heavy atom. The SMILES string of the molecule is CC(C)CCCC(=O)NCCCC[C@@H](C)NC(=O)c1ccc(N(Cc2cnc3nc(NC(=O)C(C)C)[nH]c(=O)c3n2)C(=O)C(F)(F)F)cc1. The fourth-order valence-corrected chi connectivity index (χ4v) is 4.68. The number of aromatic nitrogens is 4. The lowest BCUT2D eigenvalue weighted by atomic mass is 10.1. The summed E-state index contributed by atoms with van der Waals surface area (Å²) in [5.41, 5.74) is -1.40. The van der Waals surface area contributed by atoms with Crippen LogP contribution in [0, 0.1) is 11.8 Å². The van der Waals surface area contributed by atoms with Crippen molar-refractivity contribution < 1.29 is 32.3 Å². The number of nitrogens with zero attached hydrogens (tertiary/aromatic N) is 4. The predicted molar refractivity (Wildman–Crippen MR) is 178 cm³/mol. The topological polar surface area (TPSA) is 179 Å². The molecular formula is C33H43F3N8O5. The number of carbonyl (C=O) groups is 4. The Morgan fingerprint density at radius 1 is 0.939 bits per heavy atom. The number of carbonyl (C=O) groups excluding carboxylic acids is 4. The van der Waals surface area contributed by atoms with Crippen LogP contribution in [0.3, 0.4) is 0 Å². The number of aromatic amines is 1. The Morgan fingerprint density at radius 3 is 2.27 bits per heavy atom. The molecule has 0 aliphatic carbocycles. The second-order valence-electron chi connectivity index (χ2n) is 12.5. The number of hydrogen-bond donors (Lipinski definition) is 4. The van der Waals surface area contributed by atoms with Crippen LogP contribution in [0.2, 0.25) is 0 Å². The molecule has 1 aromatic carbocycles. The lowest BCUT2D eigenvalue weighted by molar-refractivity contribution is -0.170. The largest absolute Gasteiger partial charge is 0.471 e. The zero-order valence-electron chi connectivity index (χ0n) is 28.2. The van der Waals surface area contributed by atoms with E-state index in [-0.39, 0.29) is 46.0 Å². The highest BCUT2D eigenvalue weighted by Crippen LogP contribution is 2.26. The van der Waals surface area contributed by atoms with E-state index in [9.17, 15) is 37.1 Å². The fraction of sp³-hybridized carbons (Fsp3) is 0.515. The van der Waals surface area contributed by atoms with Crippen LogP contribution < -0.4 is 26.4 Å². The average molecular weight is 689 g/mol. The van der Waals surface area contributed by atoms with Gasteiger partial charge in [0.05, 0.1) is 18.4 Å². The van der Waals surface area contributed by atoms with Crippen molar-refractivity contribution in [2.45, 2.75) is 91.9 Å². The number of fused-ring (bicyclic) bond motifs is 1. The maximum atomic E-state index is 13.6. The minimum absolute atomic E-state index is 0.0297. The third kappa shape index (κ3) is 11.9. The third-order valence-electron chi connectivity index (χ3n) is 7.43. The van der Waals surface area contributed by atoms with Gasteiger partial charge < -0.3 is 10.6 Å². The number of anilines is 2. The normalized spacial score (nSPS) is 12.2. The summed E-state index contributed by atoms with van der Waals surface area (Å²) in [5, 5.41) is 8.18. The molecule has 266 valence electrons. The second kappa shape index (κ2) is 17.5. The van der Waals surface area contributed by atoms with E-state index in [1.54, 1.807) is 13.8 Å². The number of rotatable bonds is 16. The monoisotopic (exact) mass is 688 g/mol. The van der Waals surface area contributed by atoms with Crippen LogP contribution in [0.25, 0.3) is 11.2 Å². The van der Waals surface area contributed by atoms with Crippen LogP contribution >= 0.6 is 0 Å². The van der Waals surface area contributed by atoms with Gasteiger partial charge in [-0.25, -0.2) is 9.97 Å². The van der Waals surface area contributed by atoms with E-state index in [1.807, 2.05) is 6.92 Å². The molecule has 3 rings (SSSR count). The predicted octanol–water partition coefficient (Wildman–Crippen LogP) is 4.63. The summed E-state index contributed by atoms with van der Waals surface area (Å²) >= 11 is 0. The van der Waals surface area contributed by atoms with Crippen molar-refractivity contribution in [1.82, 2.24) is 30.6 Å². The summed E-state index contributed by atoms with van der Waals surface area (Å²) in [6.07, 6.45) is 0.356. The molecule has 0 aliphatic rings. The van der Waals surface area contributed by atoms with Crippen molar-refractivity contribution in [2.24, 2.45) is 11.8 Å². The molecule has 4 N–H and O–H groups in total. The highest BCUT2D eigenvalue weighted by Gasteiger charge is 2.43. The summed E-state index contributed by atoms with van der Waals surface area (Å²) in [6.45, 7) is 9.19. The lowest BCUT2D eigenvalue weighted by Crippen LogP contribution is -2.41. The molecule has 13 nitrogen and oxygen atoms in total. The molecule has 0 saturated carbocycles. The number of hydrogen-bond acceptors (Lipinski definition) is 8. The number of amides is 4. The summed E-state index contributed by atoms with van der Waals surface area (Å²) < 4.78 is 40.8.